The third kappa shape index (κ3) is 4.85. The Morgan fingerprint density at radius 3 is 2.65 bits per heavy atom. The highest BCUT2D eigenvalue weighted by molar-refractivity contribution is 5.86. The molecule has 1 aliphatic carbocycles. The first-order chi connectivity index (χ1) is 15.2. The molecule has 2 unspecified atom stereocenters. The summed E-state index contributed by atoms with van der Waals surface area (Å²) in [7, 11) is 5.59. The second kappa shape index (κ2) is 10.6. The topological polar surface area (TPSA) is 56.2 Å². The second-order valence-electron chi connectivity index (χ2n) is 7.97. The summed E-state index contributed by atoms with van der Waals surface area (Å²) in [5.74, 6) is 1.57. The Kier molecular flexibility index (Phi) is 7.91. The standard InChI is InChI=1S/C23H29N3O3.C2H6/c1-26-12-10-23(18-6-7-20(27-2)21(13-18)28-3)9-8-19(14-22(23)26)25-29-16-17-5-4-11-24-15-17;1-2/h4-7,11,13,15,22H,8-10,12,14,16H2,1-3H3;1-2H3/b25-19+;. The van der Waals surface area contributed by atoms with Crippen molar-refractivity contribution < 1.29 is 14.3 Å². The molecule has 2 heterocycles. The lowest BCUT2D eigenvalue weighted by Gasteiger charge is -2.42. The molecule has 6 nitrogen and oxygen atoms in total. The Hall–Kier alpha value is -2.60. The van der Waals surface area contributed by atoms with Gasteiger partial charge in [0.05, 0.1) is 19.9 Å². The molecule has 168 valence electrons. The third-order valence-corrected chi connectivity index (χ3v) is 6.48. The van der Waals surface area contributed by atoms with E-state index in [1.54, 1.807) is 20.4 Å². The lowest BCUT2D eigenvalue weighted by Crippen LogP contribution is -2.46. The Balaban J connectivity index is 0.00000132. The first-order valence-electron chi connectivity index (χ1n) is 11.2. The molecule has 2 aliphatic rings. The summed E-state index contributed by atoms with van der Waals surface area (Å²) in [6.45, 7) is 5.54. The fraction of sp³-hybridized carbons (Fsp3) is 0.520. The highest BCUT2D eigenvalue weighted by Crippen LogP contribution is 2.49. The van der Waals surface area contributed by atoms with Gasteiger partial charge in [-0.3, -0.25) is 4.98 Å². The number of oxime groups is 1. The maximum absolute atomic E-state index is 5.64. The van der Waals surface area contributed by atoms with Crippen LogP contribution in [-0.2, 0) is 16.9 Å². The SMILES string of the molecule is CC.COc1ccc(C23CC/C(=N\OCc4cccnc4)CC2N(C)CC3)cc1OC. The predicted octanol–water partition coefficient (Wildman–Crippen LogP) is 4.82. The number of nitrogens with zero attached hydrogens (tertiary/aromatic N) is 3. The molecular formula is C25H35N3O3. The van der Waals surface area contributed by atoms with E-state index in [0.29, 0.717) is 12.6 Å². The molecule has 2 fully saturated rings. The van der Waals surface area contributed by atoms with Crippen molar-refractivity contribution >= 4 is 5.71 Å². The third-order valence-electron chi connectivity index (χ3n) is 6.48. The number of aromatic nitrogens is 1. The smallest absolute Gasteiger partial charge is 0.161 e. The molecule has 1 aliphatic heterocycles. The normalized spacial score (nSPS) is 24.2. The molecule has 4 rings (SSSR count). The van der Waals surface area contributed by atoms with Crippen molar-refractivity contribution in [1.82, 2.24) is 9.88 Å². The van der Waals surface area contributed by atoms with Crippen LogP contribution >= 0.6 is 0 Å². The van der Waals surface area contributed by atoms with Crippen molar-refractivity contribution in [1.29, 1.82) is 0 Å². The van der Waals surface area contributed by atoms with Crippen molar-refractivity contribution in [3.05, 3.63) is 53.9 Å². The van der Waals surface area contributed by atoms with E-state index in [1.807, 2.05) is 38.2 Å². The average Bonchev–Trinajstić information content (AvgIpc) is 3.17. The van der Waals surface area contributed by atoms with E-state index in [9.17, 15) is 0 Å². The summed E-state index contributed by atoms with van der Waals surface area (Å²) in [6, 6.07) is 10.7. The molecule has 6 heteroatoms. The van der Waals surface area contributed by atoms with Crippen molar-refractivity contribution in [3.63, 3.8) is 0 Å². The van der Waals surface area contributed by atoms with Gasteiger partial charge in [0.1, 0.15) is 6.61 Å². The zero-order valence-electron chi connectivity index (χ0n) is 19.4. The molecule has 1 aromatic heterocycles. The van der Waals surface area contributed by atoms with Crippen LogP contribution in [0.2, 0.25) is 0 Å². The van der Waals surface area contributed by atoms with Gasteiger partial charge >= 0.3 is 0 Å². The zero-order valence-corrected chi connectivity index (χ0v) is 19.4. The average molecular weight is 426 g/mol. The molecule has 31 heavy (non-hydrogen) atoms. The Morgan fingerprint density at radius 1 is 1.13 bits per heavy atom. The Morgan fingerprint density at radius 2 is 1.94 bits per heavy atom. The number of methoxy groups -OCH3 is 2. The summed E-state index contributed by atoms with van der Waals surface area (Å²) in [5, 5.41) is 4.48. The summed E-state index contributed by atoms with van der Waals surface area (Å²) < 4.78 is 11.0. The highest BCUT2D eigenvalue weighted by atomic mass is 16.6. The van der Waals surface area contributed by atoms with E-state index in [4.69, 9.17) is 14.3 Å². The van der Waals surface area contributed by atoms with Crippen molar-refractivity contribution in [2.45, 2.75) is 57.6 Å². The maximum atomic E-state index is 5.64. The van der Waals surface area contributed by atoms with Crippen LogP contribution in [-0.4, -0.2) is 49.4 Å². The van der Waals surface area contributed by atoms with Gasteiger partial charge in [-0.25, -0.2) is 0 Å². The minimum Gasteiger partial charge on any atom is -0.493 e. The van der Waals surface area contributed by atoms with Gasteiger partial charge in [-0.2, -0.15) is 0 Å². The first kappa shape index (κ1) is 23.1. The monoisotopic (exact) mass is 425 g/mol. The van der Waals surface area contributed by atoms with Gasteiger partial charge in [0, 0.05) is 35.8 Å². The number of hydrogen-bond donors (Lipinski definition) is 0. The molecule has 0 N–H and O–H groups in total. The van der Waals surface area contributed by atoms with Gasteiger partial charge in [-0.05, 0) is 56.6 Å². The highest BCUT2D eigenvalue weighted by Gasteiger charge is 2.50. The predicted molar refractivity (Wildman–Crippen MR) is 124 cm³/mol. The van der Waals surface area contributed by atoms with Crippen LogP contribution in [0.15, 0.2) is 47.9 Å². The van der Waals surface area contributed by atoms with Crippen molar-refractivity contribution in [2.24, 2.45) is 5.16 Å². The summed E-state index contributed by atoms with van der Waals surface area (Å²) in [4.78, 5) is 12.2. The van der Waals surface area contributed by atoms with Crippen LogP contribution in [0.1, 0.15) is 50.7 Å². The van der Waals surface area contributed by atoms with Gasteiger partial charge < -0.3 is 19.2 Å². The first-order valence-corrected chi connectivity index (χ1v) is 11.2. The van der Waals surface area contributed by atoms with Crippen molar-refractivity contribution in [2.75, 3.05) is 27.8 Å². The van der Waals surface area contributed by atoms with E-state index in [1.165, 1.54) is 5.56 Å². The van der Waals surface area contributed by atoms with Crippen LogP contribution in [0.25, 0.3) is 0 Å². The van der Waals surface area contributed by atoms with E-state index in [2.05, 4.69) is 34.2 Å². The lowest BCUT2D eigenvalue weighted by atomic mass is 9.65. The number of likely N-dealkylation sites (tertiary alicyclic amines) is 1. The van der Waals surface area contributed by atoms with Crippen LogP contribution in [0.4, 0.5) is 0 Å². The number of hydrogen-bond acceptors (Lipinski definition) is 6. The molecule has 0 radical (unpaired) electrons. The minimum atomic E-state index is 0.122. The number of benzene rings is 1. The largest absolute Gasteiger partial charge is 0.493 e. The Bertz CT molecular complexity index is 872. The summed E-state index contributed by atoms with van der Waals surface area (Å²) >= 11 is 0. The van der Waals surface area contributed by atoms with E-state index in [-0.39, 0.29) is 5.41 Å². The molecule has 2 aromatic rings. The quantitative estimate of drug-likeness (QED) is 0.621. The van der Waals surface area contributed by atoms with Crippen LogP contribution in [0.5, 0.6) is 11.5 Å². The molecule has 0 amide bonds. The second-order valence-corrected chi connectivity index (χ2v) is 7.97. The molecule has 2 atom stereocenters. The van der Waals surface area contributed by atoms with Crippen LogP contribution < -0.4 is 9.47 Å². The van der Waals surface area contributed by atoms with Crippen LogP contribution in [0.3, 0.4) is 0 Å². The molecule has 0 bridgehead atoms. The van der Waals surface area contributed by atoms with Crippen molar-refractivity contribution in [3.8, 4) is 11.5 Å². The summed E-state index contributed by atoms with van der Waals surface area (Å²) in [5.41, 5.74) is 3.63. The fourth-order valence-corrected chi connectivity index (χ4v) is 4.85. The van der Waals surface area contributed by atoms with Gasteiger partial charge in [-0.15, -0.1) is 0 Å². The zero-order chi connectivity index (χ0) is 22.3. The number of ether oxygens (including phenoxy) is 2. The fourth-order valence-electron chi connectivity index (χ4n) is 4.85. The minimum absolute atomic E-state index is 0.122. The maximum Gasteiger partial charge on any atom is 0.161 e. The summed E-state index contributed by atoms with van der Waals surface area (Å²) in [6.07, 6.45) is 7.66. The van der Waals surface area contributed by atoms with E-state index < -0.39 is 0 Å². The van der Waals surface area contributed by atoms with Gasteiger partial charge in [0.2, 0.25) is 0 Å². The molecule has 1 aromatic carbocycles. The van der Waals surface area contributed by atoms with E-state index >= 15 is 0 Å². The number of fused-ring (bicyclic) bond motifs is 1. The van der Waals surface area contributed by atoms with Gasteiger partial charge in [0.15, 0.2) is 11.5 Å². The van der Waals surface area contributed by atoms with Crippen LogP contribution in [0, 0.1) is 0 Å². The Labute approximate surface area is 186 Å². The number of pyridine rings is 1. The van der Waals surface area contributed by atoms with E-state index in [0.717, 1.165) is 55.0 Å². The molecule has 1 saturated heterocycles. The van der Waals surface area contributed by atoms with Gasteiger partial charge in [-0.1, -0.05) is 31.1 Å². The molecule has 1 saturated carbocycles. The molecular weight excluding hydrogens is 390 g/mol. The number of likely N-dealkylation sites (N-methyl/N-ethyl adjacent to an activating group) is 1. The lowest BCUT2D eigenvalue weighted by molar-refractivity contribution is 0.125. The van der Waals surface area contributed by atoms with Gasteiger partial charge in [0.25, 0.3) is 0 Å². The molecule has 0 spiro atoms. The number of rotatable bonds is 6.